The first kappa shape index (κ1) is 14.5. The first-order valence-corrected chi connectivity index (χ1v) is 7.57. The van der Waals surface area contributed by atoms with Crippen molar-refractivity contribution in [3.8, 4) is 0 Å². The highest BCUT2D eigenvalue weighted by atomic mass is 32.2. The molecule has 88 valence electrons. The highest BCUT2D eigenvalue weighted by Crippen LogP contribution is 2.50. The van der Waals surface area contributed by atoms with Gasteiger partial charge in [-0.25, -0.2) is 13.0 Å². The molecule has 0 aromatic rings. The van der Waals surface area contributed by atoms with E-state index >= 15 is 0 Å². The molecule has 0 amide bonds. The van der Waals surface area contributed by atoms with E-state index in [2.05, 4.69) is 4.79 Å². The van der Waals surface area contributed by atoms with Crippen LogP contribution in [0.2, 0.25) is 0 Å². The Hall–Kier alpha value is -0.520. The lowest BCUT2D eigenvalue weighted by Crippen LogP contribution is -2.17. The first-order chi connectivity index (χ1) is 6.81. The third-order valence-electron chi connectivity index (χ3n) is 1.25. The molecular weight excluding hydrogens is 243 g/mol. The topological polar surface area (TPSA) is 106 Å². The van der Waals surface area contributed by atoms with Crippen molar-refractivity contribution in [3.63, 3.8) is 0 Å². The van der Waals surface area contributed by atoms with Crippen LogP contribution in [0.15, 0.2) is 0 Å². The molecule has 0 bridgehead atoms. The van der Waals surface area contributed by atoms with Crippen molar-refractivity contribution in [1.82, 2.24) is 0 Å². The summed E-state index contributed by atoms with van der Waals surface area (Å²) in [7, 11) is -7.97. The molecule has 15 heavy (non-hydrogen) atoms. The van der Waals surface area contributed by atoms with Crippen LogP contribution in [0.4, 0.5) is 0 Å². The van der Waals surface area contributed by atoms with E-state index in [-0.39, 0.29) is 13.2 Å². The average Bonchev–Trinajstić information content (AvgIpc) is 2.02. The van der Waals surface area contributed by atoms with E-state index in [1.807, 2.05) is 0 Å². The SMILES string of the molecule is CCOP(=O)(OCC)C(=[N+]=[N-])S(C)(=O)=O. The number of hydrogen-bond acceptors (Lipinski definition) is 5. The Morgan fingerprint density at radius 1 is 1.33 bits per heavy atom. The summed E-state index contributed by atoms with van der Waals surface area (Å²) < 4.78 is 43.6. The van der Waals surface area contributed by atoms with Crippen LogP contribution in [0.3, 0.4) is 0 Å². The summed E-state index contributed by atoms with van der Waals surface area (Å²) in [6.07, 6.45) is 0.757. The zero-order valence-corrected chi connectivity index (χ0v) is 10.4. The number of sulfone groups is 1. The van der Waals surface area contributed by atoms with Gasteiger partial charge in [-0.15, -0.1) is 4.79 Å². The molecule has 0 aliphatic carbocycles. The molecule has 9 heteroatoms. The highest BCUT2D eigenvalue weighted by molar-refractivity contribution is 8.18. The molecule has 0 aromatic heterocycles. The van der Waals surface area contributed by atoms with Gasteiger partial charge in [0.05, 0.1) is 19.5 Å². The van der Waals surface area contributed by atoms with Crippen molar-refractivity contribution < 1.29 is 26.8 Å². The molecule has 0 heterocycles. The third kappa shape index (κ3) is 3.85. The molecule has 0 unspecified atom stereocenters. The minimum Gasteiger partial charge on any atom is -0.360 e. The van der Waals surface area contributed by atoms with Crippen molar-refractivity contribution in [3.05, 3.63) is 5.53 Å². The van der Waals surface area contributed by atoms with Crippen LogP contribution in [0.5, 0.6) is 0 Å². The highest BCUT2D eigenvalue weighted by Gasteiger charge is 2.47. The van der Waals surface area contributed by atoms with Gasteiger partial charge in [-0.05, 0) is 13.8 Å². The van der Waals surface area contributed by atoms with Gasteiger partial charge in [0.15, 0.2) is 0 Å². The van der Waals surface area contributed by atoms with Gasteiger partial charge in [0, 0.05) is 0 Å². The second-order valence-corrected chi connectivity index (χ2v) is 6.66. The van der Waals surface area contributed by atoms with Crippen molar-refractivity contribution in [2.45, 2.75) is 13.8 Å². The lowest BCUT2D eigenvalue weighted by atomic mass is 10.9. The van der Waals surface area contributed by atoms with Crippen molar-refractivity contribution >= 4 is 22.2 Å². The Balaban J connectivity index is 5.44. The maximum absolute atomic E-state index is 11.9. The Morgan fingerprint density at radius 2 is 1.73 bits per heavy atom. The molecular formula is C6H13N2O5PS. The summed E-state index contributed by atoms with van der Waals surface area (Å²) in [6.45, 7) is 2.99. The van der Waals surface area contributed by atoms with E-state index in [1.54, 1.807) is 0 Å². The molecule has 0 saturated heterocycles. The van der Waals surface area contributed by atoms with Crippen molar-refractivity contribution in [2.75, 3.05) is 19.5 Å². The van der Waals surface area contributed by atoms with Gasteiger partial charge < -0.3 is 5.53 Å². The molecule has 0 spiro atoms. The molecule has 0 radical (unpaired) electrons. The quantitative estimate of drug-likeness (QED) is 0.238. The summed E-state index contributed by atoms with van der Waals surface area (Å²) in [5.74, 6) is 0. The summed E-state index contributed by atoms with van der Waals surface area (Å²) in [5, 5.41) is 0. The third-order valence-corrected chi connectivity index (χ3v) is 5.41. The van der Waals surface area contributed by atoms with Crippen LogP contribution in [0, 0.1) is 0 Å². The number of hydrogen-bond donors (Lipinski definition) is 0. The smallest absolute Gasteiger partial charge is 0.360 e. The number of nitrogens with zero attached hydrogens (tertiary/aromatic N) is 2. The van der Waals surface area contributed by atoms with E-state index in [9.17, 15) is 13.0 Å². The van der Waals surface area contributed by atoms with Gasteiger partial charge in [0.1, 0.15) is 0 Å². The van der Waals surface area contributed by atoms with Crippen LogP contribution in [0.1, 0.15) is 13.8 Å². The predicted molar refractivity (Wildman–Crippen MR) is 54.3 cm³/mol. The molecule has 7 nitrogen and oxygen atoms in total. The Kier molecular flexibility index (Phi) is 5.34. The van der Waals surface area contributed by atoms with Gasteiger partial charge in [0.2, 0.25) is 0 Å². The van der Waals surface area contributed by atoms with Gasteiger partial charge in [-0.3, -0.25) is 9.05 Å². The van der Waals surface area contributed by atoms with E-state index in [4.69, 9.17) is 14.6 Å². The summed E-state index contributed by atoms with van der Waals surface area (Å²) >= 11 is 0. The lowest BCUT2D eigenvalue weighted by Gasteiger charge is -2.10. The van der Waals surface area contributed by atoms with Gasteiger partial charge in [-0.2, -0.15) is 0 Å². The normalized spacial score (nSPS) is 12.2. The second-order valence-electron chi connectivity index (χ2n) is 2.49. The summed E-state index contributed by atoms with van der Waals surface area (Å²) in [5.41, 5.74) is 8.53. The van der Waals surface area contributed by atoms with E-state index in [0.717, 1.165) is 6.26 Å². The van der Waals surface area contributed by atoms with Crippen LogP contribution >= 0.6 is 7.60 Å². The Morgan fingerprint density at radius 3 is 1.93 bits per heavy atom. The van der Waals surface area contributed by atoms with Crippen molar-refractivity contribution in [1.29, 1.82) is 0 Å². The minimum atomic E-state index is -4.04. The summed E-state index contributed by atoms with van der Waals surface area (Å²) in [4.78, 5) is 1.51. The average molecular weight is 256 g/mol. The molecule has 0 N–H and O–H groups in total. The Labute approximate surface area is 88.5 Å². The zero-order chi connectivity index (χ0) is 12.1. The van der Waals surface area contributed by atoms with E-state index in [0.29, 0.717) is 0 Å². The van der Waals surface area contributed by atoms with E-state index in [1.165, 1.54) is 13.8 Å². The fourth-order valence-electron chi connectivity index (χ4n) is 0.820. The zero-order valence-electron chi connectivity index (χ0n) is 8.71. The largest absolute Gasteiger partial charge is 0.490 e. The van der Waals surface area contributed by atoms with Gasteiger partial charge in [0.25, 0.3) is 9.84 Å². The Bertz CT molecular complexity index is 401. The first-order valence-electron chi connectivity index (χ1n) is 4.13. The van der Waals surface area contributed by atoms with Gasteiger partial charge >= 0.3 is 12.4 Å². The molecule has 0 saturated carbocycles. The fourth-order valence-corrected chi connectivity index (χ4v) is 3.99. The standard InChI is InChI=1S/C6H13N2O5PS/c1-4-12-14(9,13-5-2)6(8-7)15(3,10)11/h4-5H2,1-3H3. The van der Waals surface area contributed by atoms with Crippen LogP contribution in [-0.2, 0) is 23.4 Å². The van der Waals surface area contributed by atoms with Crippen LogP contribution in [-0.4, -0.2) is 37.5 Å². The van der Waals surface area contributed by atoms with E-state index < -0.39 is 22.2 Å². The molecule has 0 atom stereocenters. The fraction of sp³-hybridized carbons (Fsp3) is 0.833. The predicted octanol–water partition coefficient (Wildman–Crippen LogP) is 0.883. The second kappa shape index (κ2) is 5.53. The molecule has 0 fully saturated rings. The molecule has 0 rings (SSSR count). The molecule has 0 aromatic carbocycles. The summed E-state index contributed by atoms with van der Waals surface area (Å²) in [6, 6.07) is 0. The molecule has 0 aliphatic heterocycles. The minimum absolute atomic E-state index is 0.0220. The maximum Gasteiger partial charge on any atom is 0.490 e. The van der Waals surface area contributed by atoms with Gasteiger partial charge in [-0.1, -0.05) is 0 Å². The number of rotatable bonds is 5. The van der Waals surface area contributed by atoms with Crippen molar-refractivity contribution in [2.24, 2.45) is 0 Å². The van der Waals surface area contributed by atoms with Crippen LogP contribution < -0.4 is 0 Å². The monoisotopic (exact) mass is 256 g/mol. The lowest BCUT2D eigenvalue weighted by molar-refractivity contribution is 0.000699. The van der Waals surface area contributed by atoms with Crippen LogP contribution in [0.25, 0.3) is 5.53 Å². The molecule has 0 aliphatic rings. The maximum atomic E-state index is 11.9.